The van der Waals surface area contributed by atoms with E-state index >= 15 is 0 Å². The van der Waals surface area contributed by atoms with Crippen molar-refractivity contribution in [2.45, 2.75) is 18.6 Å². The summed E-state index contributed by atoms with van der Waals surface area (Å²) in [4.78, 5) is 23.2. The Labute approximate surface area is 123 Å². The van der Waals surface area contributed by atoms with Crippen molar-refractivity contribution in [1.29, 1.82) is 0 Å². The van der Waals surface area contributed by atoms with Gasteiger partial charge in [0, 0.05) is 12.6 Å². The number of carbonyl (C=O) groups is 1. The van der Waals surface area contributed by atoms with E-state index in [0.29, 0.717) is 6.07 Å². The summed E-state index contributed by atoms with van der Waals surface area (Å²) < 4.78 is 41.3. The molecule has 0 amide bonds. The van der Waals surface area contributed by atoms with Gasteiger partial charge in [0.2, 0.25) is 5.43 Å². The van der Waals surface area contributed by atoms with Crippen LogP contribution in [0.15, 0.2) is 21.5 Å². The van der Waals surface area contributed by atoms with Gasteiger partial charge in [-0.25, -0.2) is 18.0 Å². The van der Waals surface area contributed by atoms with Gasteiger partial charge in [0.25, 0.3) is 0 Å². The number of halogens is 4. The van der Waals surface area contributed by atoms with Crippen LogP contribution in [0.2, 0.25) is 0 Å². The lowest BCUT2D eigenvalue weighted by molar-refractivity contribution is 0.0694. The lowest BCUT2D eigenvalue weighted by Gasteiger charge is -2.13. The van der Waals surface area contributed by atoms with Crippen LogP contribution in [0.1, 0.15) is 22.8 Å². The summed E-state index contributed by atoms with van der Waals surface area (Å²) in [5.41, 5.74) is -1.60. The second-order valence-corrected chi connectivity index (χ2v) is 5.58. The summed E-state index contributed by atoms with van der Waals surface area (Å²) >= 11 is 2.85. The Kier molecular flexibility index (Phi) is 3.09. The molecule has 8 heteroatoms. The fourth-order valence-electron chi connectivity index (χ4n) is 2.27. The molecule has 0 spiro atoms. The number of carboxylic acid groups (broad SMARTS) is 1. The lowest BCUT2D eigenvalue weighted by Crippen LogP contribution is -2.20. The molecule has 1 unspecified atom stereocenters. The Morgan fingerprint density at radius 2 is 2.05 bits per heavy atom. The third-order valence-electron chi connectivity index (χ3n) is 3.42. The van der Waals surface area contributed by atoms with E-state index in [1.807, 2.05) is 0 Å². The molecule has 0 aliphatic heterocycles. The molecule has 1 aliphatic carbocycles. The van der Waals surface area contributed by atoms with Crippen LogP contribution in [0.4, 0.5) is 13.2 Å². The monoisotopic (exact) mass is 361 g/mol. The minimum atomic E-state index is -1.51. The van der Waals surface area contributed by atoms with Crippen molar-refractivity contribution in [2.24, 2.45) is 0 Å². The molecule has 1 aromatic carbocycles. The standard InChI is InChI=1S/C13H7BrF3NO3/c14-9-10(17)7(16)1-4-11(9)18(8-2-6(8)15)3-5(12(4)19)13(20)21/h1,3,6,8H,2H2,(H,20,21)/t6-,8?/m1/s1. The second kappa shape index (κ2) is 4.59. The Bertz CT molecular complexity index is 849. The molecule has 1 aromatic heterocycles. The topological polar surface area (TPSA) is 59.3 Å². The summed E-state index contributed by atoms with van der Waals surface area (Å²) in [6.07, 6.45) is -0.112. The summed E-state index contributed by atoms with van der Waals surface area (Å²) in [6, 6.07) is -0.0524. The normalized spacial score (nSPS) is 20.8. The largest absolute Gasteiger partial charge is 0.477 e. The van der Waals surface area contributed by atoms with Gasteiger partial charge in [-0.3, -0.25) is 4.79 Å². The highest BCUT2D eigenvalue weighted by Crippen LogP contribution is 2.42. The predicted octanol–water partition coefficient (Wildman–Crippen LogP) is 3.02. The Morgan fingerprint density at radius 1 is 1.43 bits per heavy atom. The van der Waals surface area contributed by atoms with Gasteiger partial charge < -0.3 is 9.67 Å². The highest BCUT2D eigenvalue weighted by Gasteiger charge is 2.40. The molecule has 110 valence electrons. The molecule has 1 aliphatic rings. The van der Waals surface area contributed by atoms with E-state index in [2.05, 4.69) is 15.9 Å². The molecule has 1 saturated carbocycles. The van der Waals surface area contributed by atoms with E-state index in [0.717, 1.165) is 6.20 Å². The average molecular weight is 362 g/mol. The van der Waals surface area contributed by atoms with Crippen molar-refractivity contribution in [2.75, 3.05) is 0 Å². The molecule has 3 rings (SSSR count). The van der Waals surface area contributed by atoms with Crippen LogP contribution in [0.5, 0.6) is 0 Å². The molecule has 2 aromatic rings. The number of pyridine rings is 1. The molecule has 1 heterocycles. The number of hydrogen-bond donors (Lipinski definition) is 1. The van der Waals surface area contributed by atoms with Crippen LogP contribution >= 0.6 is 15.9 Å². The van der Waals surface area contributed by atoms with Gasteiger partial charge >= 0.3 is 5.97 Å². The van der Waals surface area contributed by atoms with E-state index in [1.165, 1.54) is 4.57 Å². The Balaban J connectivity index is 2.49. The van der Waals surface area contributed by atoms with Gasteiger partial charge in [-0.15, -0.1) is 0 Å². The summed E-state index contributed by atoms with van der Waals surface area (Å²) in [6.45, 7) is 0. The Hall–Kier alpha value is -1.83. The first kappa shape index (κ1) is 14.1. The molecular weight excluding hydrogens is 355 g/mol. The molecule has 4 nitrogen and oxygen atoms in total. The fourth-order valence-corrected chi connectivity index (χ4v) is 2.88. The van der Waals surface area contributed by atoms with Gasteiger partial charge in [-0.1, -0.05) is 0 Å². The number of hydrogen-bond acceptors (Lipinski definition) is 2. The van der Waals surface area contributed by atoms with Gasteiger partial charge in [0.05, 0.1) is 21.4 Å². The van der Waals surface area contributed by atoms with Crippen molar-refractivity contribution in [3.05, 3.63) is 44.2 Å². The zero-order valence-electron chi connectivity index (χ0n) is 10.2. The number of carboxylic acids is 1. The maximum absolute atomic E-state index is 13.7. The average Bonchev–Trinajstić information content (AvgIpc) is 3.14. The number of benzene rings is 1. The first-order valence-corrected chi connectivity index (χ1v) is 6.72. The summed E-state index contributed by atoms with van der Waals surface area (Å²) in [5, 5.41) is 8.72. The summed E-state index contributed by atoms with van der Waals surface area (Å²) in [7, 11) is 0. The molecule has 21 heavy (non-hydrogen) atoms. The molecular formula is C13H7BrF3NO3. The molecule has 1 fully saturated rings. The number of rotatable bonds is 2. The van der Waals surface area contributed by atoms with Crippen molar-refractivity contribution >= 4 is 32.8 Å². The highest BCUT2D eigenvalue weighted by molar-refractivity contribution is 9.10. The molecule has 1 N–H and O–H groups in total. The maximum Gasteiger partial charge on any atom is 0.341 e. The molecule has 0 radical (unpaired) electrons. The zero-order valence-corrected chi connectivity index (χ0v) is 11.8. The third kappa shape index (κ3) is 2.05. The van der Waals surface area contributed by atoms with Crippen molar-refractivity contribution in [3.8, 4) is 0 Å². The van der Waals surface area contributed by atoms with E-state index < -0.39 is 40.8 Å². The number of alkyl halides is 1. The maximum atomic E-state index is 13.7. The molecule has 2 atom stereocenters. The smallest absolute Gasteiger partial charge is 0.341 e. The molecule has 0 saturated heterocycles. The predicted molar refractivity (Wildman–Crippen MR) is 71.3 cm³/mol. The van der Waals surface area contributed by atoms with Crippen LogP contribution in [0.25, 0.3) is 10.9 Å². The Morgan fingerprint density at radius 3 is 2.57 bits per heavy atom. The quantitative estimate of drug-likeness (QED) is 0.836. The van der Waals surface area contributed by atoms with Gasteiger partial charge in [-0.05, 0) is 22.0 Å². The van der Waals surface area contributed by atoms with Crippen molar-refractivity contribution in [3.63, 3.8) is 0 Å². The van der Waals surface area contributed by atoms with Crippen LogP contribution in [0.3, 0.4) is 0 Å². The number of aromatic carboxylic acids is 1. The minimum absolute atomic E-state index is 0.0472. The fraction of sp³-hybridized carbons (Fsp3) is 0.231. The number of aromatic nitrogens is 1. The SMILES string of the molecule is O=C(O)c1cn(C2C[C@H]2F)c2c(Br)c(F)c(F)cc2c1=O. The highest BCUT2D eigenvalue weighted by atomic mass is 79.9. The molecule has 0 bridgehead atoms. The minimum Gasteiger partial charge on any atom is -0.477 e. The lowest BCUT2D eigenvalue weighted by atomic mass is 10.1. The van der Waals surface area contributed by atoms with Crippen molar-refractivity contribution in [1.82, 2.24) is 4.57 Å². The van der Waals surface area contributed by atoms with E-state index in [-0.39, 0.29) is 21.8 Å². The van der Waals surface area contributed by atoms with Crippen LogP contribution < -0.4 is 5.43 Å². The second-order valence-electron chi connectivity index (χ2n) is 4.79. The number of fused-ring (bicyclic) bond motifs is 1. The zero-order chi connectivity index (χ0) is 15.5. The van der Waals surface area contributed by atoms with Crippen LogP contribution in [0, 0.1) is 11.6 Å². The van der Waals surface area contributed by atoms with Crippen molar-refractivity contribution < 1.29 is 23.1 Å². The van der Waals surface area contributed by atoms with E-state index in [1.54, 1.807) is 0 Å². The van der Waals surface area contributed by atoms with Gasteiger partial charge in [0.1, 0.15) is 11.7 Å². The van der Waals surface area contributed by atoms with Crippen LogP contribution in [-0.4, -0.2) is 21.8 Å². The third-order valence-corrected chi connectivity index (χ3v) is 4.14. The first-order chi connectivity index (χ1) is 9.82. The van der Waals surface area contributed by atoms with E-state index in [4.69, 9.17) is 5.11 Å². The van der Waals surface area contributed by atoms with Gasteiger partial charge in [-0.2, -0.15) is 0 Å². The first-order valence-electron chi connectivity index (χ1n) is 5.92. The van der Waals surface area contributed by atoms with Crippen LogP contribution in [-0.2, 0) is 0 Å². The van der Waals surface area contributed by atoms with Gasteiger partial charge in [0.15, 0.2) is 11.6 Å². The summed E-state index contributed by atoms with van der Waals surface area (Å²) in [5.74, 6) is -4.00. The number of nitrogens with zero attached hydrogens (tertiary/aromatic N) is 1. The van der Waals surface area contributed by atoms with E-state index in [9.17, 15) is 22.8 Å².